The predicted molar refractivity (Wildman–Crippen MR) is 149 cm³/mol. The second kappa shape index (κ2) is 9.84. The number of esters is 1. The van der Waals surface area contributed by atoms with Gasteiger partial charge in [-0.1, -0.05) is 66.7 Å². The fourth-order valence-corrected chi connectivity index (χ4v) is 6.43. The van der Waals surface area contributed by atoms with Gasteiger partial charge in [-0.2, -0.15) is 0 Å². The number of ether oxygens (including phenoxy) is 2. The summed E-state index contributed by atoms with van der Waals surface area (Å²) in [6.07, 6.45) is -0.268. The maximum Gasteiger partial charge on any atom is 0.347 e. The summed E-state index contributed by atoms with van der Waals surface area (Å²) in [6, 6.07) is 26.4. The van der Waals surface area contributed by atoms with Crippen molar-refractivity contribution in [1.29, 1.82) is 0 Å². The van der Waals surface area contributed by atoms with Crippen LogP contribution in [0.2, 0.25) is 0 Å². The monoisotopic (exact) mass is 544 g/mol. The average molecular weight is 545 g/mol. The van der Waals surface area contributed by atoms with Gasteiger partial charge in [0.05, 0.1) is 11.8 Å². The molecule has 4 aromatic carbocycles. The number of hydrogen-bond donors (Lipinski definition) is 0. The minimum absolute atomic E-state index is 0.386. The lowest BCUT2D eigenvalue weighted by atomic mass is 9.93. The first-order valence-corrected chi connectivity index (χ1v) is 13.1. The first kappa shape index (κ1) is 23.6. The van der Waals surface area contributed by atoms with Crippen LogP contribution in [0.4, 0.5) is 0 Å². The van der Waals surface area contributed by atoms with Crippen molar-refractivity contribution in [1.82, 2.24) is 0 Å². The van der Waals surface area contributed by atoms with E-state index in [4.69, 9.17) is 9.47 Å². The fourth-order valence-electron chi connectivity index (χ4n) is 4.53. The minimum atomic E-state index is -0.713. The molecule has 176 valence electrons. The van der Waals surface area contributed by atoms with Crippen molar-refractivity contribution in [3.63, 3.8) is 0 Å². The number of hydrogen-bond acceptors (Lipinski definition) is 4. The average Bonchev–Trinajstić information content (AvgIpc) is 3.19. The van der Waals surface area contributed by atoms with Crippen LogP contribution in [-0.4, -0.2) is 19.2 Å². The molecular weight excluding hydrogens is 520 g/mol. The van der Waals surface area contributed by atoms with Gasteiger partial charge < -0.3 is 9.47 Å². The van der Waals surface area contributed by atoms with E-state index < -0.39 is 6.10 Å². The van der Waals surface area contributed by atoms with Crippen LogP contribution in [0.3, 0.4) is 0 Å². The molecule has 5 heteroatoms. The molecule has 0 amide bonds. The Labute approximate surface area is 217 Å². The van der Waals surface area contributed by atoms with Crippen molar-refractivity contribution < 1.29 is 14.3 Å². The van der Waals surface area contributed by atoms with Crippen LogP contribution in [0.1, 0.15) is 16.0 Å². The maximum atomic E-state index is 12.4. The van der Waals surface area contributed by atoms with Gasteiger partial charge in [0.25, 0.3) is 0 Å². The van der Waals surface area contributed by atoms with E-state index in [-0.39, 0.29) is 5.97 Å². The standard InChI is InChI=1S/C30H25BrO3S/c1-18-19(2)35-29-26(18)27(23-11-7-8-12-24(23)28(29)31)21-13-15-22(16-14-21)34-25(30(32)33-3)17-20-9-5-4-6-10-20/h4-16,25H,17H2,1-3H3/t25-/m1/s1. The molecule has 35 heavy (non-hydrogen) atoms. The van der Waals surface area contributed by atoms with Gasteiger partial charge in [-0.3, -0.25) is 0 Å². The topological polar surface area (TPSA) is 35.5 Å². The molecule has 1 heterocycles. The molecule has 0 unspecified atom stereocenters. The van der Waals surface area contributed by atoms with Gasteiger partial charge in [0.15, 0.2) is 6.10 Å². The van der Waals surface area contributed by atoms with Gasteiger partial charge in [-0.25, -0.2) is 4.79 Å². The number of aryl methyl sites for hydroxylation is 2. The van der Waals surface area contributed by atoms with Crippen molar-refractivity contribution in [3.8, 4) is 16.9 Å². The molecule has 0 saturated heterocycles. The predicted octanol–water partition coefficient (Wildman–Crippen LogP) is 8.26. The third-order valence-corrected chi connectivity index (χ3v) is 8.73. The summed E-state index contributed by atoms with van der Waals surface area (Å²) in [6.45, 7) is 4.37. The zero-order valence-corrected chi connectivity index (χ0v) is 22.2. The van der Waals surface area contributed by atoms with Gasteiger partial charge >= 0.3 is 5.97 Å². The first-order valence-electron chi connectivity index (χ1n) is 11.5. The van der Waals surface area contributed by atoms with Crippen LogP contribution in [0.25, 0.3) is 32.0 Å². The van der Waals surface area contributed by atoms with E-state index in [0.29, 0.717) is 12.2 Å². The van der Waals surface area contributed by atoms with Gasteiger partial charge in [-0.15, -0.1) is 11.3 Å². The summed E-state index contributed by atoms with van der Waals surface area (Å²) < 4.78 is 13.5. The number of rotatable bonds is 6. The summed E-state index contributed by atoms with van der Waals surface area (Å²) in [5.74, 6) is 0.249. The van der Waals surface area contributed by atoms with Crippen LogP contribution < -0.4 is 4.74 Å². The minimum Gasteiger partial charge on any atom is -0.478 e. The van der Waals surface area contributed by atoms with E-state index in [2.05, 4.69) is 66.2 Å². The lowest BCUT2D eigenvalue weighted by molar-refractivity contribution is -0.148. The third kappa shape index (κ3) is 4.46. The number of benzene rings is 4. The number of fused-ring (bicyclic) bond motifs is 2. The van der Waals surface area contributed by atoms with E-state index in [1.54, 1.807) is 0 Å². The van der Waals surface area contributed by atoms with Gasteiger partial charge in [0, 0.05) is 21.2 Å². The highest BCUT2D eigenvalue weighted by atomic mass is 79.9. The van der Waals surface area contributed by atoms with Crippen LogP contribution >= 0.6 is 27.3 Å². The Hall–Kier alpha value is -3.15. The lowest BCUT2D eigenvalue weighted by Gasteiger charge is -2.18. The highest BCUT2D eigenvalue weighted by Crippen LogP contribution is 2.47. The molecule has 0 aliphatic heterocycles. The Morgan fingerprint density at radius 2 is 1.57 bits per heavy atom. The van der Waals surface area contributed by atoms with Crippen LogP contribution in [0, 0.1) is 13.8 Å². The summed E-state index contributed by atoms with van der Waals surface area (Å²) in [5.41, 5.74) is 4.66. The number of halogens is 1. The Morgan fingerprint density at radius 1 is 0.914 bits per heavy atom. The SMILES string of the molecule is COC(=O)[C@@H](Cc1ccccc1)Oc1ccc(-c2c3ccccc3c(Br)c3sc(C)c(C)c23)cc1. The number of carbonyl (C=O) groups is 1. The molecule has 0 spiro atoms. The molecule has 0 bridgehead atoms. The van der Waals surface area contributed by atoms with E-state index in [1.807, 2.05) is 53.8 Å². The van der Waals surface area contributed by atoms with Gasteiger partial charge in [-0.05, 0) is 74.9 Å². The Bertz CT molecular complexity index is 1520. The zero-order chi connectivity index (χ0) is 24.5. The molecule has 5 rings (SSSR count). The number of thiophene rings is 1. The van der Waals surface area contributed by atoms with Crippen molar-refractivity contribution in [2.75, 3.05) is 7.11 Å². The fraction of sp³-hybridized carbons (Fsp3) is 0.167. The van der Waals surface area contributed by atoms with E-state index in [9.17, 15) is 4.79 Å². The molecule has 3 nitrogen and oxygen atoms in total. The molecule has 0 fully saturated rings. The molecule has 0 radical (unpaired) electrons. The molecule has 1 aromatic heterocycles. The molecule has 0 saturated carbocycles. The van der Waals surface area contributed by atoms with Gasteiger partial charge in [0.2, 0.25) is 0 Å². The lowest BCUT2D eigenvalue weighted by Crippen LogP contribution is -2.30. The summed E-state index contributed by atoms with van der Waals surface area (Å²) in [7, 11) is 1.39. The summed E-state index contributed by atoms with van der Waals surface area (Å²) >= 11 is 5.69. The Kier molecular flexibility index (Phi) is 6.63. The molecule has 1 atom stereocenters. The summed E-state index contributed by atoms with van der Waals surface area (Å²) in [5, 5.41) is 3.69. The van der Waals surface area contributed by atoms with Crippen LogP contribution in [0.5, 0.6) is 5.75 Å². The second-order valence-electron chi connectivity index (χ2n) is 8.57. The van der Waals surface area contributed by atoms with Crippen molar-refractivity contribution in [2.45, 2.75) is 26.4 Å². The van der Waals surface area contributed by atoms with Crippen LogP contribution in [0.15, 0.2) is 83.3 Å². The second-order valence-corrected chi connectivity index (χ2v) is 10.6. The van der Waals surface area contributed by atoms with E-state index in [0.717, 1.165) is 15.6 Å². The third-order valence-electron chi connectivity index (χ3n) is 6.42. The molecule has 5 aromatic rings. The molecule has 0 N–H and O–H groups in total. The maximum absolute atomic E-state index is 12.4. The van der Waals surface area contributed by atoms with Crippen molar-refractivity contribution >= 4 is 54.1 Å². The van der Waals surface area contributed by atoms with Crippen molar-refractivity contribution in [3.05, 3.63) is 99.3 Å². The number of methoxy groups -OCH3 is 1. The smallest absolute Gasteiger partial charge is 0.347 e. The molecule has 0 aliphatic carbocycles. The zero-order valence-electron chi connectivity index (χ0n) is 19.8. The van der Waals surface area contributed by atoms with Gasteiger partial charge in [0.1, 0.15) is 5.75 Å². The molecular formula is C30H25BrO3S. The Balaban J connectivity index is 1.55. The van der Waals surface area contributed by atoms with Crippen LogP contribution in [-0.2, 0) is 16.0 Å². The highest BCUT2D eigenvalue weighted by Gasteiger charge is 2.23. The highest BCUT2D eigenvalue weighted by molar-refractivity contribution is 9.11. The Morgan fingerprint density at radius 3 is 2.26 bits per heavy atom. The normalized spacial score (nSPS) is 12.1. The molecule has 0 aliphatic rings. The van der Waals surface area contributed by atoms with Crippen molar-refractivity contribution in [2.24, 2.45) is 0 Å². The van der Waals surface area contributed by atoms with E-state index >= 15 is 0 Å². The number of carbonyl (C=O) groups excluding carboxylic acids is 1. The first-order chi connectivity index (χ1) is 17.0. The van der Waals surface area contributed by atoms with E-state index in [1.165, 1.54) is 44.0 Å². The quantitative estimate of drug-likeness (QED) is 0.202. The largest absolute Gasteiger partial charge is 0.478 e. The summed E-state index contributed by atoms with van der Waals surface area (Å²) in [4.78, 5) is 13.7.